The molecule has 0 heterocycles. The number of unbranched alkanes of at least 4 members (excludes halogenated alkanes) is 3. The first-order valence-corrected chi connectivity index (χ1v) is 8.90. The molecule has 0 fully saturated rings. The van der Waals surface area contributed by atoms with E-state index >= 15 is 0 Å². The number of hydrogen-bond acceptors (Lipinski definition) is 1. The van der Waals surface area contributed by atoms with Crippen LogP contribution in [-0.2, 0) is 19.3 Å². The third kappa shape index (κ3) is 6.22. The molecule has 1 N–H and O–H groups in total. The molecule has 0 amide bonds. The second-order valence-electron chi connectivity index (χ2n) is 7.65. The molecule has 0 unspecified atom stereocenters. The van der Waals surface area contributed by atoms with E-state index < -0.39 is 0 Å². The maximum Gasteiger partial charge on any atom is 0.00965 e. The van der Waals surface area contributed by atoms with Gasteiger partial charge in [-0.05, 0) is 89.0 Å². The van der Waals surface area contributed by atoms with E-state index in [1.807, 2.05) is 0 Å². The molecule has 21 heavy (non-hydrogen) atoms. The maximum absolute atomic E-state index is 3.56. The zero-order chi connectivity index (χ0) is 15.1. The van der Waals surface area contributed by atoms with E-state index in [-0.39, 0.29) is 5.54 Å². The Bertz CT molecular complexity index is 428. The van der Waals surface area contributed by atoms with Gasteiger partial charge in [0.05, 0.1) is 0 Å². The van der Waals surface area contributed by atoms with E-state index in [1.165, 1.54) is 57.8 Å². The first-order valence-electron chi connectivity index (χ1n) is 8.90. The van der Waals surface area contributed by atoms with Gasteiger partial charge in [-0.25, -0.2) is 0 Å². The first kappa shape index (κ1) is 16.5. The lowest BCUT2D eigenvalue weighted by molar-refractivity contribution is 0.416. The minimum atomic E-state index is 0.267. The quantitative estimate of drug-likeness (QED) is 0.691. The van der Waals surface area contributed by atoms with Crippen LogP contribution in [0.2, 0.25) is 0 Å². The van der Waals surface area contributed by atoms with Gasteiger partial charge in [0.25, 0.3) is 0 Å². The summed E-state index contributed by atoms with van der Waals surface area (Å²) in [6.07, 6.45) is 12.0. The van der Waals surface area contributed by atoms with E-state index in [1.54, 1.807) is 16.7 Å². The fourth-order valence-corrected chi connectivity index (χ4v) is 3.21. The van der Waals surface area contributed by atoms with Gasteiger partial charge < -0.3 is 5.32 Å². The summed E-state index contributed by atoms with van der Waals surface area (Å²) in [6, 6.07) is 7.23. The smallest absolute Gasteiger partial charge is 0.00965 e. The fourth-order valence-electron chi connectivity index (χ4n) is 3.21. The normalized spacial score (nSPS) is 15.0. The van der Waals surface area contributed by atoms with Crippen molar-refractivity contribution in [3.05, 3.63) is 34.9 Å². The Kier molecular flexibility index (Phi) is 6.29. The molecule has 0 radical (unpaired) electrons. The van der Waals surface area contributed by atoms with E-state index in [0.717, 1.165) is 6.54 Å². The minimum absolute atomic E-state index is 0.267. The van der Waals surface area contributed by atoms with Crippen molar-refractivity contribution in [2.45, 2.75) is 84.1 Å². The molecule has 0 spiro atoms. The van der Waals surface area contributed by atoms with Gasteiger partial charge in [-0.3, -0.25) is 0 Å². The van der Waals surface area contributed by atoms with Crippen LogP contribution in [0.1, 0.15) is 76.0 Å². The highest BCUT2D eigenvalue weighted by Gasteiger charge is 2.09. The highest BCUT2D eigenvalue weighted by atomic mass is 14.9. The molecule has 0 aliphatic heterocycles. The number of hydrogen-bond donors (Lipinski definition) is 1. The zero-order valence-electron chi connectivity index (χ0n) is 14.3. The SMILES string of the molecule is CC(C)(C)NCCCCCCc1ccc2c(c1)CCCC2. The third-order valence-corrected chi connectivity index (χ3v) is 4.46. The number of nitrogens with one attached hydrogen (secondary N) is 1. The summed E-state index contributed by atoms with van der Waals surface area (Å²) in [5.41, 5.74) is 5.07. The van der Waals surface area contributed by atoms with Crippen molar-refractivity contribution in [1.82, 2.24) is 5.32 Å². The lowest BCUT2D eigenvalue weighted by Gasteiger charge is -2.20. The summed E-state index contributed by atoms with van der Waals surface area (Å²) in [7, 11) is 0. The summed E-state index contributed by atoms with van der Waals surface area (Å²) in [5, 5.41) is 3.56. The zero-order valence-corrected chi connectivity index (χ0v) is 14.3. The topological polar surface area (TPSA) is 12.0 Å². The van der Waals surface area contributed by atoms with Crippen LogP contribution in [0.3, 0.4) is 0 Å². The molecule has 1 aliphatic rings. The van der Waals surface area contributed by atoms with Gasteiger partial charge in [-0.2, -0.15) is 0 Å². The second kappa shape index (κ2) is 7.98. The molecular formula is C20H33N. The number of fused-ring (bicyclic) bond motifs is 1. The predicted octanol–water partition coefficient (Wildman–Crippen LogP) is 5.06. The minimum Gasteiger partial charge on any atom is -0.312 e. The molecule has 118 valence electrons. The predicted molar refractivity (Wildman–Crippen MR) is 93.0 cm³/mol. The monoisotopic (exact) mass is 287 g/mol. The summed E-state index contributed by atoms with van der Waals surface area (Å²) < 4.78 is 0. The molecule has 0 atom stereocenters. The molecule has 1 nitrogen and oxygen atoms in total. The van der Waals surface area contributed by atoms with Gasteiger partial charge in [0.15, 0.2) is 0 Å². The van der Waals surface area contributed by atoms with E-state index in [0.29, 0.717) is 0 Å². The van der Waals surface area contributed by atoms with Crippen LogP contribution in [0.4, 0.5) is 0 Å². The van der Waals surface area contributed by atoms with Crippen LogP contribution in [0.5, 0.6) is 0 Å². The van der Waals surface area contributed by atoms with Gasteiger partial charge in [-0.1, -0.05) is 31.0 Å². The average Bonchev–Trinajstić information content (AvgIpc) is 2.45. The Labute approximate surface area is 131 Å². The molecule has 0 saturated heterocycles. The molecule has 0 saturated carbocycles. The Hall–Kier alpha value is -0.820. The standard InChI is InChI=1S/C20H33N/c1-20(2,3)21-15-9-5-4-6-10-17-13-14-18-11-7-8-12-19(18)16-17/h13-14,16,21H,4-12,15H2,1-3H3. The largest absolute Gasteiger partial charge is 0.312 e. The van der Waals surface area contributed by atoms with Gasteiger partial charge in [0.2, 0.25) is 0 Å². The van der Waals surface area contributed by atoms with Crippen molar-refractivity contribution in [2.75, 3.05) is 6.54 Å². The van der Waals surface area contributed by atoms with Crippen LogP contribution >= 0.6 is 0 Å². The van der Waals surface area contributed by atoms with Crippen molar-refractivity contribution in [3.8, 4) is 0 Å². The summed E-state index contributed by atoms with van der Waals surface area (Å²) in [4.78, 5) is 0. The average molecular weight is 287 g/mol. The molecule has 1 aliphatic carbocycles. The second-order valence-corrected chi connectivity index (χ2v) is 7.65. The maximum atomic E-state index is 3.56. The molecule has 0 bridgehead atoms. The third-order valence-electron chi connectivity index (χ3n) is 4.46. The Morgan fingerprint density at radius 3 is 2.38 bits per heavy atom. The lowest BCUT2D eigenvalue weighted by Crippen LogP contribution is -2.36. The van der Waals surface area contributed by atoms with Crippen molar-refractivity contribution >= 4 is 0 Å². The molecule has 2 rings (SSSR count). The fraction of sp³-hybridized carbons (Fsp3) is 0.700. The van der Waals surface area contributed by atoms with Crippen molar-refractivity contribution in [3.63, 3.8) is 0 Å². The van der Waals surface area contributed by atoms with E-state index in [9.17, 15) is 0 Å². The Morgan fingerprint density at radius 2 is 1.62 bits per heavy atom. The molecule has 1 aromatic rings. The van der Waals surface area contributed by atoms with Gasteiger partial charge in [0.1, 0.15) is 0 Å². The highest BCUT2D eigenvalue weighted by Crippen LogP contribution is 2.23. The van der Waals surface area contributed by atoms with Gasteiger partial charge >= 0.3 is 0 Å². The van der Waals surface area contributed by atoms with Crippen molar-refractivity contribution < 1.29 is 0 Å². The van der Waals surface area contributed by atoms with Crippen LogP contribution in [-0.4, -0.2) is 12.1 Å². The highest BCUT2D eigenvalue weighted by molar-refractivity contribution is 5.33. The molecule has 1 heteroatoms. The van der Waals surface area contributed by atoms with Crippen molar-refractivity contribution in [1.29, 1.82) is 0 Å². The summed E-state index contributed by atoms with van der Waals surface area (Å²) >= 11 is 0. The van der Waals surface area contributed by atoms with Crippen LogP contribution in [0.15, 0.2) is 18.2 Å². The number of aryl methyl sites for hydroxylation is 3. The molecule has 1 aromatic carbocycles. The first-order chi connectivity index (χ1) is 10.0. The van der Waals surface area contributed by atoms with Crippen LogP contribution in [0, 0.1) is 0 Å². The van der Waals surface area contributed by atoms with E-state index in [2.05, 4.69) is 44.3 Å². The van der Waals surface area contributed by atoms with E-state index in [4.69, 9.17) is 0 Å². The lowest BCUT2D eigenvalue weighted by atomic mass is 9.89. The Balaban J connectivity index is 1.61. The van der Waals surface area contributed by atoms with Gasteiger partial charge in [-0.15, -0.1) is 0 Å². The molecule has 0 aromatic heterocycles. The van der Waals surface area contributed by atoms with Crippen molar-refractivity contribution in [2.24, 2.45) is 0 Å². The number of rotatable bonds is 7. The summed E-state index contributed by atoms with van der Waals surface area (Å²) in [5.74, 6) is 0. The summed E-state index contributed by atoms with van der Waals surface area (Å²) in [6.45, 7) is 7.87. The van der Waals surface area contributed by atoms with Gasteiger partial charge in [0, 0.05) is 5.54 Å². The van der Waals surface area contributed by atoms with Crippen LogP contribution in [0.25, 0.3) is 0 Å². The van der Waals surface area contributed by atoms with Crippen LogP contribution < -0.4 is 5.32 Å². The number of benzene rings is 1. The Morgan fingerprint density at radius 1 is 0.905 bits per heavy atom. The molecular weight excluding hydrogens is 254 g/mol.